The van der Waals surface area contributed by atoms with E-state index in [0.29, 0.717) is 17.0 Å². The average molecular weight is 411 g/mol. The number of hydrogen-bond donors (Lipinski definition) is 2. The van der Waals surface area contributed by atoms with Crippen LogP contribution in [0.1, 0.15) is 16.8 Å². The van der Waals surface area contributed by atoms with E-state index in [2.05, 4.69) is 10.9 Å². The van der Waals surface area contributed by atoms with Crippen molar-refractivity contribution in [2.75, 3.05) is 25.2 Å². The summed E-state index contributed by atoms with van der Waals surface area (Å²) in [6.45, 7) is -0.447. The number of carbonyl (C=O) groups excluding carboxylic acids is 4. The van der Waals surface area contributed by atoms with Crippen LogP contribution in [0.3, 0.4) is 0 Å². The van der Waals surface area contributed by atoms with E-state index in [-0.39, 0.29) is 18.9 Å². The number of esters is 1. The molecule has 9 nitrogen and oxygen atoms in total. The van der Waals surface area contributed by atoms with Crippen molar-refractivity contribution in [1.29, 1.82) is 0 Å². The number of ether oxygens (including phenoxy) is 2. The molecule has 1 fully saturated rings. The molecule has 2 N–H and O–H groups in total. The molecule has 156 valence electrons. The summed E-state index contributed by atoms with van der Waals surface area (Å²) in [5, 5.41) is 0. The molecular weight excluding hydrogens is 390 g/mol. The molecule has 0 radical (unpaired) electrons. The van der Waals surface area contributed by atoms with E-state index < -0.39 is 30.3 Å². The second kappa shape index (κ2) is 9.55. The lowest BCUT2D eigenvalue weighted by Crippen LogP contribution is -2.43. The van der Waals surface area contributed by atoms with Gasteiger partial charge in [0.1, 0.15) is 5.75 Å². The molecule has 0 aromatic heterocycles. The maximum absolute atomic E-state index is 12.3. The molecule has 3 amide bonds. The van der Waals surface area contributed by atoms with Crippen molar-refractivity contribution in [3.05, 3.63) is 60.2 Å². The molecule has 2 aromatic carbocycles. The molecule has 0 saturated carbocycles. The van der Waals surface area contributed by atoms with Crippen LogP contribution in [0.15, 0.2) is 54.6 Å². The van der Waals surface area contributed by atoms with Gasteiger partial charge in [-0.15, -0.1) is 0 Å². The van der Waals surface area contributed by atoms with Gasteiger partial charge in [-0.05, 0) is 24.3 Å². The summed E-state index contributed by atoms with van der Waals surface area (Å²) in [5.41, 5.74) is 5.35. The Labute approximate surface area is 172 Å². The lowest BCUT2D eigenvalue weighted by Gasteiger charge is -2.19. The van der Waals surface area contributed by atoms with Crippen LogP contribution in [-0.2, 0) is 19.1 Å². The maximum Gasteiger partial charge on any atom is 0.311 e. The van der Waals surface area contributed by atoms with Crippen LogP contribution in [-0.4, -0.2) is 44.0 Å². The smallest absolute Gasteiger partial charge is 0.311 e. The minimum Gasteiger partial charge on any atom is -0.495 e. The van der Waals surface area contributed by atoms with Crippen molar-refractivity contribution in [1.82, 2.24) is 10.9 Å². The molecule has 2 aromatic rings. The summed E-state index contributed by atoms with van der Waals surface area (Å²) in [6.07, 6.45) is -0.0246. The number of benzene rings is 2. The normalized spacial score (nSPS) is 15.4. The maximum atomic E-state index is 12.3. The van der Waals surface area contributed by atoms with Crippen LogP contribution >= 0.6 is 0 Å². The lowest BCUT2D eigenvalue weighted by atomic mass is 10.1. The number of methoxy groups -OCH3 is 1. The molecule has 0 aliphatic carbocycles. The Kier molecular flexibility index (Phi) is 6.63. The fourth-order valence-electron chi connectivity index (χ4n) is 3.03. The third-order valence-corrected chi connectivity index (χ3v) is 4.53. The summed E-state index contributed by atoms with van der Waals surface area (Å²) in [5.74, 6) is -2.27. The SMILES string of the molecule is COc1ccccc1N1C[C@@H](C(=O)OCC(=O)NNC(=O)c2ccccc2)CC1=O. The van der Waals surface area contributed by atoms with Crippen LogP contribution in [0.2, 0.25) is 0 Å². The minimum atomic E-state index is -0.700. The Bertz CT molecular complexity index is 947. The zero-order valence-electron chi connectivity index (χ0n) is 16.3. The first-order chi connectivity index (χ1) is 14.5. The largest absolute Gasteiger partial charge is 0.495 e. The molecule has 9 heteroatoms. The van der Waals surface area contributed by atoms with Crippen LogP contribution in [0.25, 0.3) is 0 Å². The number of nitrogens with one attached hydrogen (secondary N) is 2. The zero-order chi connectivity index (χ0) is 21.5. The first-order valence-electron chi connectivity index (χ1n) is 9.24. The van der Waals surface area contributed by atoms with Gasteiger partial charge in [0, 0.05) is 18.5 Å². The average Bonchev–Trinajstić information content (AvgIpc) is 3.17. The first kappa shape index (κ1) is 20.8. The van der Waals surface area contributed by atoms with Crippen molar-refractivity contribution in [2.45, 2.75) is 6.42 Å². The van der Waals surface area contributed by atoms with Crippen molar-refractivity contribution in [3.8, 4) is 5.75 Å². The number of nitrogens with zero attached hydrogens (tertiary/aromatic N) is 1. The van der Waals surface area contributed by atoms with Gasteiger partial charge < -0.3 is 14.4 Å². The highest BCUT2D eigenvalue weighted by Gasteiger charge is 2.37. The Morgan fingerprint density at radius 3 is 2.47 bits per heavy atom. The summed E-state index contributed by atoms with van der Waals surface area (Å²) in [7, 11) is 1.50. The van der Waals surface area contributed by atoms with E-state index in [4.69, 9.17) is 9.47 Å². The van der Waals surface area contributed by atoms with Gasteiger partial charge in [-0.2, -0.15) is 0 Å². The molecule has 1 saturated heterocycles. The number of amides is 3. The molecule has 1 aliphatic heterocycles. The van der Waals surface area contributed by atoms with Gasteiger partial charge in [0.25, 0.3) is 11.8 Å². The topological polar surface area (TPSA) is 114 Å². The van der Waals surface area contributed by atoms with E-state index in [9.17, 15) is 19.2 Å². The third-order valence-electron chi connectivity index (χ3n) is 4.53. The van der Waals surface area contributed by atoms with Crippen LogP contribution in [0.4, 0.5) is 5.69 Å². The molecule has 0 bridgehead atoms. The molecule has 0 unspecified atom stereocenters. The fourth-order valence-corrected chi connectivity index (χ4v) is 3.03. The second-order valence-electron chi connectivity index (χ2n) is 6.55. The van der Waals surface area contributed by atoms with Gasteiger partial charge >= 0.3 is 5.97 Å². The van der Waals surface area contributed by atoms with Crippen LogP contribution in [0, 0.1) is 5.92 Å². The van der Waals surface area contributed by atoms with E-state index in [1.54, 1.807) is 54.6 Å². The quantitative estimate of drug-likeness (QED) is 0.543. The van der Waals surface area contributed by atoms with E-state index in [1.807, 2.05) is 0 Å². The number of rotatable bonds is 6. The van der Waals surface area contributed by atoms with Crippen LogP contribution < -0.4 is 20.5 Å². The third kappa shape index (κ3) is 4.93. The van der Waals surface area contributed by atoms with Crippen molar-refractivity contribution in [3.63, 3.8) is 0 Å². The van der Waals surface area contributed by atoms with Crippen molar-refractivity contribution < 1.29 is 28.7 Å². The Hall–Kier alpha value is -3.88. The predicted molar refractivity (Wildman–Crippen MR) is 106 cm³/mol. The van der Waals surface area contributed by atoms with Gasteiger partial charge in [-0.1, -0.05) is 30.3 Å². The molecule has 1 heterocycles. The van der Waals surface area contributed by atoms with Gasteiger partial charge in [0.05, 0.1) is 18.7 Å². The molecule has 30 heavy (non-hydrogen) atoms. The standard InChI is InChI=1S/C21H21N3O6/c1-29-17-10-6-5-9-16(17)24-12-15(11-19(24)26)21(28)30-13-18(25)22-23-20(27)14-7-3-2-4-8-14/h2-10,15H,11-13H2,1H3,(H,22,25)(H,23,27)/t15-/m0/s1. The summed E-state index contributed by atoms with van der Waals surface area (Å²) in [6, 6.07) is 15.3. The van der Waals surface area contributed by atoms with Gasteiger partial charge in [0.15, 0.2) is 6.61 Å². The highest BCUT2D eigenvalue weighted by atomic mass is 16.5. The van der Waals surface area contributed by atoms with Gasteiger partial charge in [-0.3, -0.25) is 30.0 Å². The monoisotopic (exact) mass is 411 g/mol. The summed E-state index contributed by atoms with van der Waals surface area (Å²) >= 11 is 0. The lowest BCUT2D eigenvalue weighted by molar-refractivity contribution is -0.152. The molecular formula is C21H21N3O6. The predicted octanol–water partition coefficient (Wildman–Crippen LogP) is 1.05. The molecule has 3 rings (SSSR count). The van der Waals surface area contributed by atoms with Gasteiger partial charge in [0.2, 0.25) is 5.91 Å². The highest BCUT2D eigenvalue weighted by molar-refractivity contribution is 6.00. The minimum absolute atomic E-state index is 0.0246. The molecule has 1 aliphatic rings. The van der Waals surface area contributed by atoms with E-state index in [0.717, 1.165) is 0 Å². The molecule has 1 atom stereocenters. The number of anilines is 1. The summed E-state index contributed by atoms with van der Waals surface area (Å²) < 4.78 is 10.3. The van der Waals surface area contributed by atoms with Crippen LogP contribution in [0.5, 0.6) is 5.75 Å². The van der Waals surface area contributed by atoms with E-state index >= 15 is 0 Å². The van der Waals surface area contributed by atoms with Crippen molar-refractivity contribution >= 4 is 29.4 Å². The Balaban J connectivity index is 1.47. The number of hydrazine groups is 1. The fraction of sp³-hybridized carbons (Fsp3) is 0.238. The number of carbonyl (C=O) groups is 4. The summed E-state index contributed by atoms with van der Waals surface area (Å²) in [4.78, 5) is 49.8. The second-order valence-corrected chi connectivity index (χ2v) is 6.55. The molecule has 0 spiro atoms. The Morgan fingerprint density at radius 1 is 1.03 bits per heavy atom. The Morgan fingerprint density at radius 2 is 1.73 bits per heavy atom. The number of para-hydroxylation sites is 2. The zero-order valence-corrected chi connectivity index (χ0v) is 16.3. The van der Waals surface area contributed by atoms with E-state index in [1.165, 1.54) is 12.0 Å². The first-order valence-corrected chi connectivity index (χ1v) is 9.24. The number of hydrogen-bond acceptors (Lipinski definition) is 6. The van der Waals surface area contributed by atoms with Crippen molar-refractivity contribution in [2.24, 2.45) is 5.92 Å². The highest BCUT2D eigenvalue weighted by Crippen LogP contribution is 2.33. The van der Waals surface area contributed by atoms with Gasteiger partial charge in [-0.25, -0.2) is 0 Å².